The molecule has 0 radical (unpaired) electrons. The van der Waals surface area contributed by atoms with E-state index in [2.05, 4.69) is 10.2 Å². The fourth-order valence-electron chi connectivity index (χ4n) is 3.14. The van der Waals surface area contributed by atoms with Gasteiger partial charge >= 0.3 is 0 Å². The van der Waals surface area contributed by atoms with Gasteiger partial charge in [0, 0.05) is 12.3 Å². The van der Waals surface area contributed by atoms with Crippen LogP contribution in [0.3, 0.4) is 0 Å². The number of sulfonamides is 1. The third-order valence-corrected chi connectivity index (χ3v) is 7.34. The Labute approximate surface area is 167 Å². The Bertz CT molecular complexity index is 1170. The zero-order chi connectivity index (χ0) is 19.9. The summed E-state index contributed by atoms with van der Waals surface area (Å²) in [6, 6.07) is 12.4. The van der Waals surface area contributed by atoms with E-state index in [0.29, 0.717) is 10.9 Å². The second-order valence-corrected chi connectivity index (χ2v) is 9.39. The zero-order valence-electron chi connectivity index (χ0n) is 15.4. The molecule has 0 N–H and O–H groups in total. The number of carbonyl (C=O) groups excluding carboxylic acids is 1. The van der Waals surface area contributed by atoms with Gasteiger partial charge in [0.15, 0.2) is 5.16 Å². The minimum Gasteiger partial charge on any atom is -0.276 e. The fraction of sp³-hybridized carbons (Fsp3) is 0.211. The first-order chi connectivity index (χ1) is 13.4. The van der Waals surface area contributed by atoms with Gasteiger partial charge in [-0.25, -0.2) is 12.7 Å². The monoisotopic (exact) mass is 414 g/mol. The van der Waals surface area contributed by atoms with Crippen LogP contribution in [0.5, 0.6) is 0 Å². The Kier molecular flexibility index (Phi) is 4.72. The van der Waals surface area contributed by atoms with Crippen molar-refractivity contribution in [1.29, 1.82) is 0 Å². The Balaban J connectivity index is 1.51. The van der Waals surface area contributed by atoms with E-state index >= 15 is 0 Å². The molecule has 0 atom stereocenters. The van der Waals surface area contributed by atoms with E-state index < -0.39 is 15.9 Å². The van der Waals surface area contributed by atoms with E-state index in [0.717, 1.165) is 21.1 Å². The van der Waals surface area contributed by atoms with Crippen LogP contribution in [0.15, 0.2) is 58.8 Å². The summed E-state index contributed by atoms with van der Waals surface area (Å²) in [4.78, 5) is 12.6. The number of aryl methyl sites for hydroxylation is 2. The predicted octanol–water partition coefficient (Wildman–Crippen LogP) is 2.82. The highest BCUT2D eigenvalue weighted by molar-refractivity contribution is 7.99. The molecule has 0 fully saturated rings. The number of hydrogen-bond donors (Lipinski definition) is 0. The third kappa shape index (κ3) is 3.10. The summed E-state index contributed by atoms with van der Waals surface area (Å²) in [6.45, 7) is 4.09. The van der Waals surface area contributed by atoms with E-state index in [1.807, 2.05) is 36.6 Å². The molecule has 0 bridgehead atoms. The standard InChI is InChI=1S/C19H18N4O3S2/c1-13-7-8-14(2)16(11-13)22-12-20-21-19(22)27-10-9-23-18(24)15-5-3-4-6-17(15)28(23,25)26/h3-8,11-12H,9-10H2,1-2H3. The SMILES string of the molecule is Cc1ccc(C)c(-n2cnnc2SCCN2C(=O)c3ccccc3S2(=O)=O)c1. The van der Waals surface area contributed by atoms with Crippen molar-refractivity contribution in [2.45, 2.75) is 23.9 Å². The van der Waals surface area contributed by atoms with Crippen molar-refractivity contribution in [1.82, 2.24) is 19.1 Å². The highest BCUT2D eigenvalue weighted by Gasteiger charge is 2.40. The van der Waals surface area contributed by atoms with E-state index in [4.69, 9.17) is 0 Å². The van der Waals surface area contributed by atoms with Gasteiger partial charge in [-0.05, 0) is 43.2 Å². The van der Waals surface area contributed by atoms with Gasteiger partial charge in [-0.15, -0.1) is 10.2 Å². The lowest BCUT2D eigenvalue weighted by molar-refractivity contribution is 0.0876. The normalized spacial score (nSPS) is 15.1. The van der Waals surface area contributed by atoms with E-state index in [9.17, 15) is 13.2 Å². The maximum absolute atomic E-state index is 12.6. The van der Waals surface area contributed by atoms with Gasteiger partial charge in [0.1, 0.15) is 11.2 Å². The molecule has 28 heavy (non-hydrogen) atoms. The van der Waals surface area contributed by atoms with E-state index in [1.165, 1.54) is 17.8 Å². The molecule has 2 aromatic carbocycles. The quantitative estimate of drug-likeness (QED) is 0.597. The van der Waals surface area contributed by atoms with Crippen LogP contribution in [0.2, 0.25) is 0 Å². The molecule has 0 aliphatic carbocycles. The van der Waals surface area contributed by atoms with Gasteiger partial charge in [-0.2, -0.15) is 0 Å². The molecule has 1 aliphatic rings. The van der Waals surface area contributed by atoms with Crippen molar-refractivity contribution < 1.29 is 13.2 Å². The number of aromatic nitrogens is 3. The highest BCUT2D eigenvalue weighted by atomic mass is 32.2. The van der Waals surface area contributed by atoms with Crippen LogP contribution in [0.25, 0.3) is 5.69 Å². The molecule has 0 spiro atoms. The molecular formula is C19H18N4O3S2. The minimum atomic E-state index is -3.78. The van der Waals surface area contributed by atoms with Crippen LogP contribution < -0.4 is 0 Å². The zero-order valence-corrected chi connectivity index (χ0v) is 17.0. The number of benzene rings is 2. The number of thioether (sulfide) groups is 1. The lowest BCUT2D eigenvalue weighted by Crippen LogP contribution is -2.32. The Morgan fingerprint density at radius 1 is 1.11 bits per heavy atom. The van der Waals surface area contributed by atoms with Crippen LogP contribution in [0, 0.1) is 13.8 Å². The second kappa shape index (κ2) is 7.06. The Morgan fingerprint density at radius 3 is 2.68 bits per heavy atom. The van der Waals surface area contributed by atoms with Gasteiger partial charge in [0.2, 0.25) is 0 Å². The molecule has 0 unspecified atom stereocenters. The van der Waals surface area contributed by atoms with Crippen molar-refractivity contribution in [3.8, 4) is 5.69 Å². The van der Waals surface area contributed by atoms with Crippen molar-refractivity contribution in [2.24, 2.45) is 0 Å². The first-order valence-corrected chi connectivity index (χ1v) is 11.1. The molecular weight excluding hydrogens is 396 g/mol. The lowest BCUT2D eigenvalue weighted by atomic mass is 10.1. The van der Waals surface area contributed by atoms with Crippen molar-refractivity contribution in [2.75, 3.05) is 12.3 Å². The molecule has 9 heteroatoms. The molecule has 1 aromatic heterocycles. The van der Waals surface area contributed by atoms with Crippen LogP contribution in [0.4, 0.5) is 0 Å². The number of nitrogens with zero attached hydrogens (tertiary/aromatic N) is 4. The van der Waals surface area contributed by atoms with Gasteiger partial charge in [-0.1, -0.05) is 36.0 Å². The summed E-state index contributed by atoms with van der Waals surface area (Å²) in [7, 11) is -3.78. The smallest absolute Gasteiger partial charge is 0.269 e. The predicted molar refractivity (Wildman–Crippen MR) is 106 cm³/mol. The Morgan fingerprint density at radius 2 is 1.89 bits per heavy atom. The molecule has 3 aromatic rings. The third-order valence-electron chi connectivity index (χ3n) is 4.58. The molecule has 7 nitrogen and oxygen atoms in total. The van der Waals surface area contributed by atoms with Crippen LogP contribution in [-0.2, 0) is 10.0 Å². The van der Waals surface area contributed by atoms with E-state index in [-0.39, 0.29) is 17.0 Å². The number of fused-ring (bicyclic) bond motifs is 1. The van der Waals surface area contributed by atoms with E-state index in [1.54, 1.807) is 24.5 Å². The van der Waals surface area contributed by atoms with Gasteiger partial charge in [0.05, 0.1) is 11.3 Å². The number of amides is 1. The molecule has 1 amide bonds. The lowest BCUT2D eigenvalue weighted by Gasteiger charge is -2.15. The van der Waals surface area contributed by atoms with Gasteiger partial charge in [-0.3, -0.25) is 9.36 Å². The average molecular weight is 415 g/mol. The van der Waals surface area contributed by atoms with Crippen LogP contribution >= 0.6 is 11.8 Å². The topological polar surface area (TPSA) is 85.2 Å². The molecule has 2 heterocycles. The minimum absolute atomic E-state index is 0.0696. The summed E-state index contributed by atoms with van der Waals surface area (Å²) < 4.78 is 28.1. The summed E-state index contributed by atoms with van der Waals surface area (Å²) in [5.74, 6) is -0.102. The van der Waals surface area contributed by atoms with Crippen molar-refractivity contribution in [3.63, 3.8) is 0 Å². The molecule has 1 aliphatic heterocycles. The maximum Gasteiger partial charge on any atom is 0.269 e. The summed E-state index contributed by atoms with van der Waals surface area (Å²) in [5, 5.41) is 8.78. The number of rotatable bonds is 5. The molecule has 4 rings (SSSR count). The molecule has 0 saturated heterocycles. The van der Waals surface area contributed by atoms with Crippen molar-refractivity contribution >= 4 is 27.7 Å². The summed E-state index contributed by atoms with van der Waals surface area (Å²) in [6.07, 6.45) is 1.64. The Hall–Kier alpha value is -2.65. The summed E-state index contributed by atoms with van der Waals surface area (Å²) >= 11 is 1.36. The first kappa shape index (κ1) is 18.7. The van der Waals surface area contributed by atoms with Gasteiger partial charge < -0.3 is 0 Å². The summed E-state index contributed by atoms with van der Waals surface area (Å²) in [5.41, 5.74) is 3.41. The molecule has 144 valence electrons. The highest BCUT2D eigenvalue weighted by Crippen LogP contribution is 2.30. The first-order valence-electron chi connectivity index (χ1n) is 8.66. The van der Waals surface area contributed by atoms with Crippen LogP contribution in [-0.4, -0.2) is 45.7 Å². The average Bonchev–Trinajstić information content (AvgIpc) is 3.21. The fourth-order valence-corrected chi connectivity index (χ4v) is 5.67. The second-order valence-electron chi connectivity index (χ2n) is 6.50. The number of hydrogen-bond acceptors (Lipinski definition) is 6. The molecule has 0 saturated carbocycles. The largest absolute Gasteiger partial charge is 0.276 e. The van der Waals surface area contributed by atoms with Crippen LogP contribution in [0.1, 0.15) is 21.5 Å². The maximum atomic E-state index is 12.6. The number of carbonyl (C=O) groups is 1. The van der Waals surface area contributed by atoms with Gasteiger partial charge in [0.25, 0.3) is 15.9 Å². The van der Waals surface area contributed by atoms with Crippen molar-refractivity contribution in [3.05, 3.63) is 65.5 Å².